The van der Waals surface area contributed by atoms with Gasteiger partial charge in [-0.05, 0) is 42.6 Å². The Balaban J connectivity index is 1.75. The zero-order valence-corrected chi connectivity index (χ0v) is 12.4. The molecule has 1 saturated heterocycles. The van der Waals surface area contributed by atoms with Gasteiger partial charge in [0.25, 0.3) is 0 Å². The van der Waals surface area contributed by atoms with E-state index >= 15 is 0 Å². The molecule has 1 heterocycles. The highest BCUT2D eigenvalue weighted by molar-refractivity contribution is 5.87. The van der Waals surface area contributed by atoms with Gasteiger partial charge in [-0.25, -0.2) is 0 Å². The molecule has 112 valence electrons. The minimum Gasteiger partial charge on any atom is -0.493 e. The normalized spacial score (nSPS) is 18.2. The SMILES string of the molecule is NCCc1c(OCCC2CCCO2)ccc2ccccc12. The van der Waals surface area contributed by atoms with Crippen LogP contribution in [-0.2, 0) is 11.2 Å². The summed E-state index contributed by atoms with van der Waals surface area (Å²) in [5, 5.41) is 2.49. The monoisotopic (exact) mass is 285 g/mol. The lowest BCUT2D eigenvalue weighted by Crippen LogP contribution is -2.12. The van der Waals surface area contributed by atoms with Gasteiger partial charge in [-0.3, -0.25) is 0 Å². The minimum absolute atomic E-state index is 0.378. The van der Waals surface area contributed by atoms with Crippen molar-refractivity contribution in [3.63, 3.8) is 0 Å². The summed E-state index contributed by atoms with van der Waals surface area (Å²) in [5.41, 5.74) is 7.00. The van der Waals surface area contributed by atoms with Crippen molar-refractivity contribution in [3.05, 3.63) is 42.0 Å². The second-order valence-electron chi connectivity index (χ2n) is 5.57. The summed E-state index contributed by atoms with van der Waals surface area (Å²) in [6.07, 6.45) is 4.53. The maximum absolute atomic E-state index is 6.02. The van der Waals surface area contributed by atoms with E-state index in [1.165, 1.54) is 22.8 Å². The summed E-state index contributed by atoms with van der Waals surface area (Å²) in [6.45, 7) is 2.25. The van der Waals surface area contributed by atoms with Gasteiger partial charge < -0.3 is 15.2 Å². The highest BCUT2D eigenvalue weighted by atomic mass is 16.5. The van der Waals surface area contributed by atoms with Gasteiger partial charge in [-0.15, -0.1) is 0 Å². The summed E-state index contributed by atoms with van der Waals surface area (Å²) >= 11 is 0. The van der Waals surface area contributed by atoms with Crippen molar-refractivity contribution in [2.24, 2.45) is 5.73 Å². The van der Waals surface area contributed by atoms with Gasteiger partial charge in [0.15, 0.2) is 0 Å². The van der Waals surface area contributed by atoms with Crippen molar-refractivity contribution in [3.8, 4) is 5.75 Å². The first-order valence-electron chi connectivity index (χ1n) is 7.83. The molecule has 2 aromatic rings. The highest BCUT2D eigenvalue weighted by Gasteiger charge is 2.15. The van der Waals surface area contributed by atoms with E-state index in [1.807, 2.05) is 0 Å². The fraction of sp³-hybridized carbons (Fsp3) is 0.444. The van der Waals surface area contributed by atoms with Crippen molar-refractivity contribution in [1.82, 2.24) is 0 Å². The molecule has 0 aromatic heterocycles. The molecule has 3 rings (SSSR count). The Bertz CT molecular complexity index is 591. The Kier molecular flexibility index (Phi) is 4.73. The predicted molar refractivity (Wildman–Crippen MR) is 85.8 cm³/mol. The smallest absolute Gasteiger partial charge is 0.123 e. The number of nitrogens with two attached hydrogens (primary N) is 1. The predicted octanol–water partition coefficient (Wildman–Crippen LogP) is 3.29. The first kappa shape index (κ1) is 14.4. The number of hydrogen-bond donors (Lipinski definition) is 1. The number of ether oxygens (including phenoxy) is 2. The van der Waals surface area contributed by atoms with E-state index in [0.717, 1.165) is 31.6 Å². The highest BCUT2D eigenvalue weighted by Crippen LogP contribution is 2.29. The summed E-state index contributed by atoms with van der Waals surface area (Å²) < 4.78 is 11.7. The summed E-state index contributed by atoms with van der Waals surface area (Å²) in [5.74, 6) is 0.970. The molecule has 2 N–H and O–H groups in total. The number of benzene rings is 2. The van der Waals surface area contributed by atoms with E-state index in [9.17, 15) is 0 Å². The van der Waals surface area contributed by atoms with Crippen LogP contribution in [0.15, 0.2) is 36.4 Å². The van der Waals surface area contributed by atoms with Crippen LogP contribution in [0.5, 0.6) is 5.75 Å². The van der Waals surface area contributed by atoms with Crippen LogP contribution in [-0.4, -0.2) is 25.9 Å². The van der Waals surface area contributed by atoms with Gasteiger partial charge in [0.05, 0.1) is 12.7 Å². The van der Waals surface area contributed by atoms with Crippen LogP contribution in [0.1, 0.15) is 24.8 Å². The number of hydrogen-bond acceptors (Lipinski definition) is 3. The zero-order valence-electron chi connectivity index (χ0n) is 12.4. The van der Waals surface area contributed by atoms with E-state index in [1.54, 1.807) is 0 Å². The van der Waals surface area contributed by atoms with Crippen LogP contribution in [0.4, 0.5) is 0 Å². The molecule has 0 amide bonds. The molecule has 0 radical (unpaired) electrons. The van der Waals surface area contributed by atoms with Crippen molar-refractivity contribution in [2.45, 2.75) is 31.8 Å². The Labute approximate surface area is 126 Å². The van der Waals surface area contributed by atoms with Crippen molar-refractivity contribution >= 4 is 10.8 Å². The molecule has 1 aliphatic rings. The average Bonchev–Trinajstić information content (AvgIpc) is 3.03. The summed E-state index contributed by atoms with van der Waals surface area (Å²) in [7, 11) is 0. The number of rotatable bonds is 6. The quantitative estimate of drug-likeness (QED) is 0.885. The molecule has 3 nitrogen and oxygen atoms in total. The molecule has 3 heteroatoms. The van der Waals surface area contributed by atoms with Gasteiger partial charge in [0.2, 0.25) is 0 Å². The lowest BCUT2D eigenvalue weighted by molar-refractivity contribution is 0.0902. The van der Waals surface area contributed by atoms with Crippen molar-refractivity contribution in [2.75, 3.05) is 19.8 Å². The lowest BCUT2D eigenvalue weighted by Gasteiger charge is -2.15. The molecular formula is C18H23NO2. The number of fused-ring (bicyclic) bond motifs is 1. The molecule has 0 spiro atoms. The molecule has 0 saturated carbocycles. The van der Waals surface area contributed by atoms with Gasteiger partial charge >= 0.3 is 0 Å². The maximum Gasteiger partial charge on any atom is 0.123 e. The third-order valence-electron chi connectivity index (χ3n) is 4.11. The second kappa shape index (κ2) is 6.92. The Morgan fingerprint density at radius 3 is 2.90 bits per heavy atom. The van der Waals surface area contributed by atoms with E-state index in [-0.39, 0.29) is 0 Å². The Hall–Kier alpha value is -1.58. The molecule has 2 aromatic carbocycles. The molecule has 21 heavy (non-hydrogen) atoms. The van der Waals surface area contributed by atoms with Crippen molar-refractivity contribution in [1.29, 1.82) is 0 Å². The molecule has 0 bridgehead atoms. The van der Waals surface area contributed by atoms with Gasteiger partial charge in [0.1, 0.15) is 5.75 Å². The van der Waals surface area contributed by atoms with Crippen LogP contribution >= 0.6 is 0 Å². The van der Waals surface area contributed by atoms with E-state index < -0.39 is 0 Å². The van der Waals surface area contributed by atoms with Crippen LogP contribution in [0, 0.1) is 0 Å². The van der Waals surface area contributed by atoms with Crippen LogP contribution in [0.2, 0.25) is 0 Å². The van der Waals surface area contributed by atoms with Crippen molar-refractivity contribution < 1.29 is 9.47 Å². The zero-order chi connectivity index (χ0) is 14.5. The molecular weight excluding hydrogens is 262 g/mol. The largest absolute Gasteiger partial charge is 0.493 e. The Morgan fingerprint density at radius 2 is 2.10 bits per heavy atom. The third kappa shape index (κ3) is 3.36. The van der Waals surface area contributed by atoms with Crippen LogP contribution in [0.3, 0.4) is 0 Å². The first-order chi connectivity index (χ1) is 10.4. The molecule has 1 unspecified atom stereocenters. The van der Waals surface area contributed by atoms with Gasteiger partial charge in [0, 0.05) is 18.6 Å². The molecule has 1 fully saturated rings. The standard InChI is InChI=1S/C18H23NO2/c19-11-9-17-16-6-2-1-4-14(16)7-8-18(17)21-13-10-15-5-3-12-20-15/h1-2,4,6-8,15H,3,5,9-13,19H2. The van der Waals surface area contributed by atoms with E-state index in [2.05, 4.69) is 36.4 Å². The molecule has 0 aliphatic carbocycles. The Morgan fingerprint density at radius 1 is 1.19 bits per heavy atom. The second-order valence-corrected chi connectivity index (χ2v) is 5.57. The van der Waals surface area contributed by atoms with E-state index in [4.69, 9.17) is 15.2 Å². The fourth-order valence-electron chi connectivity index (χ4n) is 3.03. The average molecular weight is 285 g/mol. The summed E-state index contributed by atoms with van der Waals surface area (Å²) in [6, 6.07) is 12.6. The molecule has 1 aliphatic heterocycles. The topological polar surface area (TPSA) is 44.5 Å². The maximum atomic E-state index is 6.02. The summed E-state index contributed by atoms with van der Waals surface area (Å²) in [4.78, 5) is 0. The fourth-order valence-corrected chi connectivity index (χ4v) is 3.03. The third-order valence-corrected chi connectivity index (χ3v) is 4.11. The van der Waals surface area contributed by atoms with Gasteiger partial charge in [-0.2, -0.15) is 0 Å². The van der Waals surface area contributed by atoms with Gasteiger partial charge in [-0.1, -0.05) is 30.3 Å². The first-order valence-corrected chi connectivity index (χ1v) is 7.83. The van der Waals surface area contributed by atoms with E-state index in [0.29, 0.717) is 19.3 Å². The van der Waals surface area contributed by atoms with Crippen LogP contribution in [0.25, 0.3) is 10.8 Å². The van der Waals surface area contributed by atoms with Crippen LogP contribution < -0.4 is 10.5 Å². The lowest BCUT2D eigenvalue weighted by atomic mass is 10.0. The molecule has 1 atom stereocenters. The minimum atomic E-state index is 0.378.